The molecule has 0 saturated heterocycles. The molecule has 1 rings (SSSR count). The fourth-order valence-corrected chi connectivity index (χ4v) is 1.53. The molecule has 1 aromatic carbocycles. The Bertz CT molecular complexity index is 258. The Hall–Kier alpha value is -0.730. The minimum Gasteiger partial charge on any atom is -0.372 e. The molecule has 0 spiro atoms. The van der Waals surface area contributed by atoms with Gasteiger partial charge in [0.2, 0.25) is 0 Å². The number of nitrogens with zero attached hydrogens (tertiary/aromatic N) is 1. The number of benzene rings is 1. The Balaban J connectivity index is 2.64. The average molecular weight is 213 g/mol. The van der Waals surface area contributed by atoms with Crippen molar-refractivity contribution in [2.45, 2.75) is 13.3 Å². The van der Waals surface area contributed by atoms with Gasteiger partial charge in [0.25, 0.3) is 0 Å². The van der Waals surface area contributed by atoms with E-state index in [1.54, 1.807) is 0 Å². The van der Waals surface area contributed by atoms with Crippen LogP contribution in [0, 0.1) is 0 Å². The minimum absolute atomic E-state index is 0.740. The Kier molecular flexibility index (Phi) is 4.77. The average Bonchev–Trinajstić information content (AvgIpc) is 2.21. The summed E-state index contributed by atoms with van der Waals surface area (Å²) in [7, 11) is 0. The summed E-state index contributed by atoms with van der Waals surface area (Å²) < 4.78 is 0. The zero-order chi connectivity index (χ0) is 10.4. The van der Waals surface area contributed by atoms with Gasteiger partial charge in [0.1, 0.15) is 0 Å². The third kappa shape index (κ3) is 3.20. The van der Waals surface area contributed by atoms with Crippen LogP contribution in [0.15, 0.2) is 24.3 Å². The molecule has 0 fully saturated rings. The molecule has 0 saturated carbocycles. The van der Waals surface area contributed by atoms with Crippen molar-refractivity contribution in [3.05, 3.63) is 29.3 Å². The van der Waals surface area contributed by atoms with Crippen LogP contribution in [0.5, 0.6) is 0 Å². The second-order valence-electron chi connectivity index (χ2n) is 3.20. The van der Waals surface area contributed by atoms with Crippen LogP contribution in [0.25, 0.3) is 0 Å². The van der Waals surface area contributed by atoms with E-state index in [4.69, 9.17) is 17.3 Å². The van der Waals surface area contributed by atoms with Gasteiger partial charge in [-0.1, -0.05) is 11.6 Å². The van der Waals surface area contributed by atoms with Crippen molar-refractivity contribution < 1.29 is 0 Å². The van der Waals surface area contributed by atoms with E-state index in [0.29, 0.717) is 0 Å². The Morgan fingerprint density at radius 2 is 1.93 bits per heavy atom. The molecule has 0 aliphatic heterocycles. The van der Waals surface area contributed by atoms with E-state index in [9.17, 15) is 0 Å². The van der Waals surface area contributed by atoms with E-state index in [1.807, 2.05) is 24.3 Å². The highest BCUT2D eigenvalue weighted by molar-refractivity contribution is 6.30. The summed E-state index contributed by atoms with van der Waals surface area (Å²) >= 11 is 5.83. The first-order chi connectivity index (χ1) is 6.77. The zero-order valence-electron chi connectivity index (χ0n) is 8.54. The van der Waals surface area contributed by atoms with E-state index in [0.717, 1.165) is 31.1 Å². The topological polar surface area (TPSA) is 29.3 Å². The second kappa shape index (κ2) is 5.89. The molecule has 0 aromatic heterocycles. The van der Waals surface area contributed by atoms with Crippen LogP contribution >= 0.6 is 11.6 Å². The maximum absolute atomic E-state index is 5.83. The standard InChI is InChI=1S/C11H17ClN2/c1-2-14(9-3-8-13)11-6-4-10(12)5-7-11/h4-7H,2-3,8-9,13H2,1H3. The number of halogens is 1. The molecule has 3 heteroatoms. The Morgan fingerprint density at radius 3 is 2.43 bits per heavy atom. The zero-order valence-corrected chi connectivity index (χ0v) is 9.30. The molecule has 78 valence electrons. The number of nitrogens with two attached hydrogens (primary N) is 1. The third-order valence-corrected chi connectivity index (χ3v) is 2.46. The van der Waals surface area contributed by atoms with Crippen molar-refractivity contribution >= 4 is 17.3 Å². The van der Waals surface area contributed by atoms with Gasteiger partial charge in [0.05, 0.1) is 0 Å². The number of anilines is 1. The molecule has 0 amide bonds. The maximum atomic E-state index is 5.83. The molecule has 2 nitrogen and oxygen atoms in total. The van der Waals surface area contributed by atoms with Gasteiger partial charge in [-0.25, -0.2) is 0 Å². The van der Waals surface area contributed by atoms with E-state index in [2.05, 4.69) is 11.8 Å². The quantitative estimate of drug-likeness (QED) is 0.813. The van der Waals surface area contributed by atoms with Crippen molar-refractivity contribution in [1.82, 2.24) is 0 Å². The van der Waals surface area contributed by atoms with Crippen LogP contribution in [-0.4, -0.2) is 19.6 Å². The molecular formula is C11H17ClN2. The first kappa shape index (κ1) is 11.3. The van der Waals surface area contributed by atoms with E-state index >= 15 is 0 Å². The van der Waals surface area contributed by atoms with Gasteiger partial charge in [0.15, 0.2) is 0 Å². The Morgan fingerprint density at radius 1 is 1.29 bits per heavy atom. The fraction of sp³-hybridized carbons (Fsp3) is 0.455. The van der Waals surface area contributed by atoms with Crippen LogP contribution in [0.4, 0.5) is 5.69 Å². The van der Waals surface area contributed by atoms with E-state index < -0.39 is 0 Å². The first-order valence-corrected chi connectivity index (χ1v) is 5.36. The lowest BCUT2D eigenvalue weighted by atomic mass is 10.2. The summed E-state index contributed by atoms with van der Waals surface area (Å²) in [5.41, 5.74) is 6.70. The normalized spacial score (nSPS) is 10.2. The van der Waals surface area contributed by atoms with Gasteiger partial charge in [0, 0.05) is 23.8 Å². The molecule has 0 bridgehead atoms. The second-order valence-corrected chi connectivity index (χ2v) is 3.63. The van der Waals surface area contributed by atoms with Crippen molar-refractivity contribution in [1.29, 1.82) is 0 Å². The number of hydrogen-bond donors (Lipinski definition) is 1. The summed E-state index contributed by atoms with van der Waals surface area (Å²) in [5, 5.41) is 0.781. The fourth-order valence-electron chi connectivity index (χ4n) is 1.40. The van der Waals surface area contributed by atoms with Crippen molar-refractivity contribution in [2.24, 2.45) is 5.73 Å². The molecule has 1 aromatic rings. The van der Waals surface area contributed by atoms with Crippen LogP contribution in [0.3, 0.4) is 0 Å². The van der Waals surface area contributed by atoms with Crippen molar-refractivity contribution in [3.63, 3.8) is 0 Å². The summed E-state index contributed by atoms with van der Waals surface area (Å²) in [6, 6.07) is 7.93. The van der Waals surface area contributed by atoms with Crippen molar-refractivity contribution in [2.75, 3.05) is 24.5 Å². The van der Waals surface area contributed by atoms with Gasteiger partial charge < -0.3 is 10.6 Å². The van der Waals surface area contributed by atoms with Gasteiger partial charge in [-0.2, -0.15) is 0 Å². The summed E-state index contributed by atoms with van der Waals surface area (Å²) in [6.45, 7) is 4.89. The first-order valence-electron chi connectivity index (χ1n) is 4.98. The van der Waals surface area contributed by atoms with E-state index in [1.165, 1.54) is 5.69 Å². The monoisotopic (exact) mass is 212 g/mol. The molecule has 0 aliphatic rings. The Labute approximate surface area is 90.7 Å². The highest BCUT2D eigenvalue weighted by Gasteiger charge is 2.02. The van der Waals surface area contributed by atoms with Crippen LogP contribution < -0.4 is 10.6 Å². The maximum Gasteiger partial charge on any atom is 0.0407 e. The molecular weight excluding hydrogens is 196 g/mol. The summed E-state index contributed by atoms with van der Waals surface area (Å²) in [6.07, 6.45) is 1.02. The summed E-state index contributed by atoms with van der Waals surface area (Å²) in [4.78, 5) is 2.29. The van der Waals surface area contributed by atoms with Gasteiger partial charge >= 0.3 is 0 Å². The molecule has 0 heterocycles. The molecule has 0 unspecified atom stereocenters. The highest BCUT2D eigenvalue weighted by Crippen LogP contribution is 2.17. The van der Waals surface area contributed by atoms with E-state index in [-0.39, 0.29) is 0 Å². The molecule has 2 N–H and O–H groups in total. The number of hydrogen-bond acceptors (Lipinski definition) is 2. The third-order valence-electron chi connectivity index (χ3n) is 2.21. The molecule has 0 aliphatic carbocycles. The lowest BCUT2D eigenvalue weighted by Gasteiger charge is -2.22. The van der Waals surface area contributed by atoms with Crippen LogP contribution in [0.2, 0.25) is 5.02 Å². The van der Waals surface area contributed by atoms with Gasteiger partial charge in [-0.3, -0.25) is 0 Å². The molecule has 0 atom stereocenters. The van der Waals surface area contributed by atoms with Gasteiger partial charge in [-0.05, 0) is 44.2 Å². The summed E-state index contributed by atoms with van der Waals surface area (Å²) in [5.74, 6) is 0. The van der Waals surface area contributed by atoms with Gasteiger partial charge in [-0.15, -0.1) is 0 Å². The van der Waals surface area contributed by atoms with Crippen LogP contribution in [-0.2, 0) is 0 Å². The smallest absolute Gasteiger partial charge is 0.0407 e. The van der Waals surface area contributed by atoms with Crippen molar-refractivity contribution in [3.8, 4) is 0 Å². The largest absolute Gasteiger partial charge is 0.372 e. The predicted molar refractivity (Wildman–Crippen MR) is 63.0 cm³/mol. The highest BCUT2D eigenvalue weighted by atomic mass is 35.5. The minimum atomic E-state index is 0.740. The van der Waals surface area contributed by atoms with Crippen LogP contribution in [0.1, 0.15) is 13.3 Å². The molecule has 14 heavy (non-hydrogen) atoms. The lowest BCUT2D eigenvalue weighted by Crippen LogP contribution is -2.25. The number of rotatable bonds is 5. The predicted octanol–water partition coefficient (Wildman–Crippen LogP) is 2.52. The SMILES string of the molecule is CCN(CCCN)c1ccc(Cl)cc1. The molecule has 0 radical (unpaired) electrons. The lowest BCUT2D eigenvalue weighted by molar-refractivity contribution is 0.754.